The van der Waals surface area contributed by atoms with Crippen molar-refractivity contribution < 1.29 is 19.1 Å². The fourth-order valence-electron chi connectivity index (χ4n) is 1.02. The first-order valence-corrected chi connectivity index (χ1v) is 4.46. The van der Waals surface area contributed by atoms with E-state index in [2.05, 4.69) is 0 Å². The maximum Gasteiger partial charge on any atom is 0.348 e. The van der Waals surface area contributed by atoms with Crippen LogP contribution in [0.4, 0.5) is 0 Å². The third-order valence-corrected chi connectivity index (χ3v) is 1.55. The van der Waals surface area contributed by atoms with Crippen LogP contribution >= 0.6 is 0 Å². The Kier molecular flexibility index (Phi) is 2.93. The Morgan fingerprint density at radius 3 is 2.71 bits per heavy atom. The van der Waals surface area contributed by atoms with Crippen molar-refractivity contribution in [2.75, 3.05) is 0 Å². The van der Waals surface area contributed by atoms with Crippen molar-refractivity contribution in [2.45, 2.75) is 38.9 Å². The van der Waals surface area contributed by atoms with Crippen molar-refractivity contribution >= 4 is 11.8 Å². The first-order chi connectivity index (χ1) is 6.38. The van der Waals surface area contributed by atoms with E-state index in [0.29, 0.717) is 0 Å². The van der Waals surface area contributed by atoms with Crippen LogP contribution in [0.2, 0.25) is 0 Å². The van der Waals surface area contributed by atoms with Gasteiger partial charge in [0.15, 0.2) is 5.78 Å². The minimum atomic E-state index is -0.785. The van der Waals surface area contributed by atoms with Gasteiger partial charge in [0.05, 0.1) is 12.7 Å². The standard InChI is InChI=1S/C10H14O4/c1-10(2,3)14-9(12)8-6-7(11)4-5-13-8/h4-5,8H,6H2,1-3H3/t8-/m0/s1. The molecule has 1 aliphatic heterocycles. The van der Waals surface area contributed by atoms with Crippen LogP contribution in [0.3, 0.4) is 0 Å². The predicted molar refractivity (Wildman–Crippen MR) is 49.5 cm³/mol. The average molecular weight is 198 g/mol. The summed E-state index contributed by atoms with van der Waals surface area (Å²) in [6.45, 7) is 5.31. The fraction of sp³-hybridized carbons (Fsp3) is 0.600. The number of esters is 1. The number of ether oxygens (including phenoxy) is 2. The molecule has 0 unspecified atom stereocenters. The average Bonchev–Trinajstić information content (AvgIpc) is 2.01. The minimum Gasteiger partial charge on any atom is -0.486 e. The van der Waals surface area contributed by atoms with Gasteiger partial charge in [0, 0.05) is 6.08 Å². The van der Waals surface area contributed by atoms with Gasteiger partial charge in [-0.1, -0.05) is 0 Å². The topological polar surface area (TPSA) is 52.6 Å². The lowest BCUT2D eigenvalue weighted by Crippen LogP contribution is -2.35. The molecule has 0 bridgehead atoms. The number of rotatable bonds is 1. The van der Waals surface area contributed by atoms with Gasteiger partial charge in [0.2, 0.25) is 6.10 Å². The molecule has 0 saturated heterocycles. The largest absolute Gasteiger partial charge is 0.486 e. The van der Waals surface area contributed by atoms with E-state index in [1.165, 1.54) is 12.3 Å². The third kappa shape index (κ3) is 3.20. The second-order valence-electron chi connectivity index (χ2n) is 4.13. The zero-order valence-electron chi connectivity index (χ0n) is 8.57. The van der Waals surface area contributed by atoms with Crippen LogP contribution in [0.5, 0.6) is 0 Å². The SMILES string of the molecule is CC(C)(C)OC(=O)[C@@H]1CC(=O)C=CO1. The summed E-state index contributed by atoms with van der Waals surface area (Å²) in [4.78, 5) is 22.4. The zero-order valence-corrected chi connectivity index (χ0v) is 8.57. The normalized spacial score (nSPS) is 21.6. The summed E-state index contributed by atoms with van der Waals surface area (Å²) in [5.41, 5.74) is -0.551. The van der Waals surface area contributed by atoms with Crippen LogP contribution in [0.1, 0.15) is 27.2 Å². The molecule has 0 saturated carbocycles. The highest BCUT2D eigenvalue weighted by atomic mass is 16.6. The molecule has 0 aromatic carbocycles. The Morgan fingerprint density at radius 2 is 2.21 bits per heavy atom. The minimum absolute atomic E-state index is 0.0609. The molecule has 0 radical (unpaired) electrons. The van der Waals surface area contributed by atoms with Crippen LogP contribution in [0.15, 0.2) is 12.3 Å². The van der Waals surface area contributed by atoms with Crippen molar-refractivity contribution in [2.24, 2.45) is 0 Å². The molecule has 4 heteroatoms. The summed E-state index contributed by atoms with van der Waals surface area (Å²) in [7, 11) is 0. The molecule has 4 nitrogen and oxygen atoms in total. The van der Waals surface area contributed by atoms with Crippen LogP contribution in [-0.2, 0) is 19.1 Å². The molecule has 0 amide bonds. The van der Waals surface area contributed by atoms with Gasteiger partial charge in [-0.15, -0.1) is 0 Å². The van der Waals surface area contributed by atoms with E-state index in [-0.39, 0.29) is 12.2 Å². The van der Waals surface area contributed by atoms with Gasteiger partial charge in [-0.2, -0.15) is 0 Å². The van der Waals surface area contributed by atoms with Crippen LogP contribution in [-0.4, -0.2) is 23.5 Å². The van der Waals surface area contributed by atoms with E-state index >= 15 is 0 Å². The van der Waals surface area contributed by atoms with Gasteiger partial charge in [0.25, 0.3) is 0 Å². The first kappa shape index (κ1) is 10.8. The van der Waals surface area contributed by atoms with E-state index in [1.807, 2.05) is 0 Å². The van der Waals surface area contributed by atoms with E-state index < -0.39 is 17.7 Å². The van der Waals surface area contributed by atoms with Gasteiger partial charge in [-0.3, -0.25) is 4.79 Å². The molecule has 0 aromatic heterocycles. The molecule has 1 atom stereocenters. The third-order valence-electron chi connectivity index (χ3n) is 1.55. The molecule has 0 aliphatic carbocycles. The Balaban J connectivity index is 2.54. The number of carbonyl (C=O) groups excluding carboxylic acids is 2. The molecule has 0 N–H and O–H groups in total. The van der Waals surface area contributed by atoms with Crippen molar-refractivity contribution in [3.8, 4) is 0 Å². The molecule has 0 fully saturated rings. The van der Waals surface area contributed by atoms with Crippen molar-refractivity contribution in [3.63, 3.8) is 0 Å². The smallest absolute Gasteiger partial charge is 0.348 e. The van der Waals surface area contributed by atoms with Crippen molar-refractivity contribution in [1.82, 2.24) is 0 Å². The van der Waals surface area contributed by atoms with Crippen LogP contribution < -0.4 is 0 Å². The number of hydrogen-bond acceptors (Lipinski definition) is 4. The highest BCUT2D eigenvalue weighted by Crippen LogP contribution is 2.14. The van der Waals surface area contributed by atoms with Crippen molar-refractivity contribution in [1.29, 1.82) is 0 Å². The van der Waals surface area contributed by atoms with Gasteiger partial charge in [-0.25, -0.2) is 4.79 Å². The lowest BCUT2D eigenvalue weighted by molar-refractivity contribution is -0.167. The van der Waals surface area contributed by atoms with Gasteiger partial charge < -0.3 is 9.47 Å². The van der Waals surface area contributed by atoms with Gasteiger partial charge >= 0.3 is 5.97 Å². The second-order valence-corrected chi connectivity index (χ2v) is 4.13. The molecule has 1 heterocycles. The fourth-order valence-corrected chi connectivity index (χ4v) is 1.02. The molecule has 78 valence electrons. The van der Waals surface area contributed by atoms with E-state index in [1.54, 1.807) is 20.8 Å². The molecule has 0 spiro atoms. The molecule has 0 aromatic rings. The monoisotopic (exact) mass is 198 g/mol. The van der Waals surface area contributed by atoms with Gasteiger partial charge in [0.1, 0.15) is 5.60 Å². The summed E-state index contributed by atoms with van der Waals surface area (Å²) in [6, 6.07) is 0. The highest BCUT2D eigenvalue weighted by Gasteiger charge is 2.29. The Labute approximate surface area is 82.9 Å². The number of ketones is 1. The Morgan fingerprint density at radius 1 is 1.57 bits per heavy atom. The summed E-state index contributed by atoms with van der Waals surface area (Å²) in [5, 5.41) is 0. The molecule has 1 rings (SSSR count). The number of hydrogen-bond donors (Lipinski definition) is 0. The maximum absolute atomic E-state index is 11.4. The zero-order chi connectivity index (χ0) is 10.8. The summed E-state index contributed by atoms with van der Waals surface area (Å²) in [6.07, 6.45) is 1.82. The van der Waals surface area contributed by atoms with E-state index in [0.717, 1.165) is 0 Å². The predicted octanol–water partition coefficient (Wildman–Crippen LogP) is 1.20. The first-order valence-electron chi connectivity index (χ1n) is 4.46. The Hall–Kier alpha value is -1.32. The lowest BCUT2D eigenvalue weighted by atomic mass is 10.1. The Bertz CT molecular complexity index is 272. The summed E-state index contributed by atoms with van der Waals surface area (Å²) in [5.74, 6) is -0.609. The summed E-state index contributed by atoms with van der Waals surface area (Å²) >= 11 is 0. The number of allylic oxidation sites excluding steroid dienone is 1. The summed E-state index contributed by atoms with van der Waals surface area (Å²) < 4.78 is 10.1. The van der Waals surface area contributed by atoms with Crippen LogP contribution in [0.25, 0.3) is 0 Å². The van der Waals surface area contributed by atoms with Crippen molar-refractivity contribution in [3.05, 3.63) is 12.3 Å². The maximum atomic E-state index is 11.4. The molecule has 1 aliphatic rings. The van der Waals surface area contributed by atoms with E-state index in [9.17, 15) is 9.59 Å². The molecular weight excluding hydrogens is 184 g/mol. The quantitative estimate of drug-likeness (QED) is 0.594. The molecule has 14 heavy (non-hydrogen) atoms. The number of carbonyl (C=O) groups is 2. The second kappa shape index (κ2) is 3.82. The van der Waals surface area contributed by atoms with Gasteiger partial charge in [-0.05, 0) is 20.8 Å². The van der Waals surface area contributed by atoms with E-state index in [4.69, 9.17) is 9.47 Å². The van der Waals surface area contributed by atoms with Crippen LogP contribution in [0, 0.1) is 0 Å². The lowest BCUT2D eigenvalue weighted by Gasteiger charge is -2.24. The molecular formula is C10H14O4. The highest BCUT2D eigenvalue weighted by molar-refractivity contribution is 5.94.